The van der Waals surface area contributed by atoms with Crippen molar-refractivity contribution in [2.24, 2.45) is 5.92 Å². The fourth-order valence-electron chi connectivity index (χ4n) is 4.07. The summed E-state index contributed by atoms with van der Waals surface area (Å²) in [4.78, 5) is 12.5. The highest BCUT2D eigenvalue weighted by atomic mass is 16.1. The third kappa shape index (κ3) is 4.23. The number of benzene rings is 1. The molecule has 1 unspecified atom stereocenters. The monoisotopic (exact) mass is 366 g/mol. The van der Waals surface area contributed by atoms with Crippen molar-refractivity contribution in [3.8, 4) is 0 Å². The van der Waals surface area contributed by atoms with Crippen LogP contribution in [-0.2, 0) is 24.1 Å². The number of hydrogen-bond acceptors (Lipinski definition) is 3. The Hall–Kier alpha value is -2.17. The van der Waals surface area contributed by atoms with Gasteiger partial charge in [0.05, 0.1) is 6.04 Å². The van der Waals surface area contributed by atoms with E-state index in [1.54, 1.807) is 0 Å². The van der Waals surface area contributed by atoms with Crippen LogP contribution in [0.4, 0.5) is 0 Å². The first-order valence-corrected chi connectivity index (χ1v) is 10.4. The van der Waals surface area contributed by atoms with Crippen LogP contribution in [0.5, 0.6) is 0 Å². The minimum absolute atomic E-state index is 0.116. The number of carbonyl (C=O) groups is 1. The van der Waals surface area contributed by atoms with E-state index < -0.39 is 0 Å². The van der Waals surface area contributed by atoms with Gasteiger partial charge in [-0.05, 0) is 49.1 Å². The molecule has 2 aliphatic carbocycles. The summed E-state index contributed by atoms with van der Waals surface area (Å²) >= 11 is 0. The lowest BCUT2D eigenvalue weighted by Gasteiger charge is -2.14. The lowest BCUT2D eigenvalue weighted by molar-refractivity contribution is -0.121. The van der Waals surface area contributed by atoms with E-state index in [0.29, 0.717) is 24.8 Å². The molecule has 5 heteroatoms. The Morgan fingerprint density at radius 1 is 1.15 bits per heavy atom. The predicted molar refractivity (Wildman–Crippen MR) is 105 cm³/mol. The summed E-state index contributed by atoms with van der Waals surface area (Å²) in [5.74, 6) is 2.87. The highest BCUT2D eigenvalue weighted by Gasteiger charge is 2.29. The first-order chi connectivity index (χ1) is 13.1. The summed E-state index contributed by atoms with van der Waals surface area (Å²) in [5.41, 5.74) is 2.65. The van der Waals surface area contributed by atoms with E-state index in [0.717, 1.165) is 37.3 Å². The first kappa shape index (κ1) is 18.2. The minimum atomic E-state index is 0.116. The number of nitrogens with zero attached hydrogens (tertiary/aromatic N) is 3. The number of amides is 1. The number of nitrogens with one attached hydrogen (secondary N) is 1. The zero-order valence-electron chi connectivity index (χ0n) is 16.4. The van der Waals surface area contributed by atoms with Crippen molar-refractivity contribution < 1.29 is 4.79 Å². The Morgan fingerprint density at radius 3 is 2.63 bits per heavy atom. The third-order valence-electron chi connectivity index (χ3n) is 5.74. The molecule has 4 rings (SSSR count). The Bertz CT molecular complexity index is 806. The number of fused-ring (bicyclic) bond motifs is 1. The van der Waals surface area contributed by atoms with Crippen LogP contribution in [0.25, 0.3) is 0 Å². The lowest BCUT2D eigenvalue weighted by atomic mass is 10.1. The van der Waals surface area contributed by atoms with Gasteiger partial charge in [-0.25, -0.2) is 0 Å². The van der Waals surface area contributed by atoms with Crippen LogP contribution in [-0.4, -0.2) is 20.7 Å². The fourth-order valence-corrected chi connectivity index (χ4v) is 4.07. The molecular weight excluding hydrogens is 336 g/mol. The van der Waals surface area contributed by atoms with E-state index in [2.05, 4.69) is 58.2 Å². The van der Waals surface area contributed by atoms with Gasteiger partial charge < -0.3 is 9.88 Å². The predicted octanol–water partition coefficient (Wildman–Crippen LogP) is 3.94. The number of aromatic nitrogens is 3. The van der Waals surface area contributed by atoms with E-state index in [1.165, 1.54) is 24.0 Å². The number of carbonyl (C=O) groups excluding carboxylic acids is 1. The lowest BCUT2D eigenvalue weighted by Crippen LogP contribution is -2.27. The zero-order chi connectivity index (χ0) is 18.8. The van der Waals surface area contributed by atoms with E-state index in [1.807, 2.05) is 0 Å². The van der Waals surface area contributed by atoms with E-state index in [-0.39, 0.29) is 11.9 Å². The van der Waals surface area contributed by atoms with Gasteiger partial charge >= 0.3 is 0 Å². The maximum atomic E-state index is 12.5. The summed E-state index contributed by atoms with van der Waals surface area (Å²) in [6.45, 7) is 4.48. The maximum absolute atomic E-state index is 12.5. The third-order valence-corrected chi connectivity index (χ3v) is 5.74. The van der Waals surface area contributed by atoms with Gasteiger partial charge in [0.2, 0.25) is 5.91 Å². The van der Waals surface area contributed by atoms with Crippen LogP contribution in [0.1, 0.15) is 80.8 Å². The van der Waals surface area contributed by atoms with Gasteiger partial charge in [-0.2, -0.15) is 0 Å². The molecule has 1 aromatic heterocycles. The highest BCUT2D eigenvalue weighted by molar-refractivity contribution is 5.76. The van der Waals surface area contributed by atoms with Crippen molar-refractivity contribution in [2.75, 3.05) is 0 Å². The maximum Gasteiger partial charge on any atom is 0.220 e. The molecule has 0 radical (unpaired) electrons. The summed E-state index contributed by atoms with van der Waals surface area (Å²) in [6, 6.07) is 9.15. The molecule has 2 aliphatic rings. The van der Waals surface area contributed by atoms with E-state index in [4.69, 9.17) is 0 Å². The second kappa shape index (κ2) is 7.83. The number of hydrogen-bond donors (Lipinski definition) is 1. The molecule has 1 fully saturated rings. The van der Waals surface area contributed by atoms with Gasteiger partial charge in [0, 0.05) is 25.3 Å². The molecule has 0 aliphatic heterocycles. The molecule has 1 N–H and O–H groups in total. The Labute approximate surface area is 161 Å². The second-order valence-corrected chi connectivity index (χ2v) is 8.42. The molecule has 0 saturated heterocycles. The smallest absolute Gasteiger partial charge is 0.220 e. The molecule has 0 spiro atoms. The van der Waals surface area contributed by atoms with Gasteiger partial charge in [-0.1, -0.05) is 38.1 Å². The molecule has 27 heavy (non-hydrogen) atoms. The van der Waals surface area contributed by atoms with Crippen LogP contribution in [0.2, 0.25) is 0 Å². The molecule has 1 atom stereocenters. The number of aryl methyl sites for hydroxylation is 3. The van der Waals surface area contributed by atoms with Crippen LogP contribution in [0, 0.1) is 5.92 Å². The summed E-state index contributed by atoms with van der Waals surface area (Å²) in [5, 5.41) is 12.1. The summed E-state index contributed by atoms with van der Waals surface area (Å²) in [7, 11) is 0. The molecule has 1 amide bonds. The van der Waals surface area contributed by atoms with Crippen LogP contribution < -0.4 is 5.32 Å². The molecular formula is C22H30N4O. The van der Waals surface area contributed by atoms with Crippen molar-refractivity contribution in [1.29, 1.82) is 0 Å². The van der Waals surface area contributed by atoms with Crippen LogP contribution in [0.3, 0.4) is 0 Å². The van der Waals surface area contributed by atoms with Crippen LogP contribution >= 0.6 is 0 Å². The van der Waals surface area contributed by atoms with Crippen molar-refractivity contribution >= 4 is 5.91 Å². The van der Waals surface area contributed by atoms with Crippen molar-refractivity contribution in [3.63, 3.8) is 0 Å². The van der Waals surface area contributed by atoms with Crippen molar-refractivity contribution in [3.05, 3.63) is 47.0 Å². The Kier molecular flexibility index (Phi) is 5.28. The first-order valence-electron chi connectivity index (χ1n) is 10.4. The number of rotatable bonds is 8. The molecule has 2 aromatic rings. The Balaban J connectivity index is 1.35. The minimum Gasteiger partial charge on any atom is -0.349 e. The molecule has 144 valence electrons. The summed E-state index contributed by atoms with van der Waals surface area (Å²) < 4.78 is 2.32. The zero-order valence-corrected chi connectivity index (χ0v) is 16.4. The van der Waals surface area contributed by atoms with Gasteiger partial charge in [-0.15, -0.1) is 10.2 Å². The SMILES string of the molecule is CC(C)CCc1nnc(CCC(=O)NC2CCc3ccccc32)n1C1CC1. The molecule has 5 nitrogen and oxygen atoms in total. The van der Waals surface area contributed by atoms with E-state index in [9.17, 15) is 4.79 Å². The van der Waals surface area contributed by atoms with Gasteiger partial charge in [0.15, 0.2) is 0 Å². The highest BCUT2D eigenvalue weighted by Crippen LogP contribution is 2.37. The van der Waals surface area contributed by atoms with Gasteiger partial charge in [0.25, 0.3) is 0 Å². The normalized spacial score (nSPS) is 18.7. The van der Waals surface area contributed by atoms with Gasteiger partial charge in [0.1, 0.15) is 11.6 Å². The second-order valence-electron chi connectivity index (χ2n) is 8.42. The standard InChI is InChI=1S/C22H30N4O/c1-15(2)7-12-20-24-25-21(26(20)17-9-10-17)13-14-22(27)23-19-11-8-16-5-3-4-6-18(16)19/h3-6,15,17,19H,7-14H2,1-2H3,(H,23,27). The van der Waals surface area contributed by atoms with Crippen molar-refractivity contribution in [1.82, 2.24) is 20.1 Å². The largest absolute Gasteiger partial charge is 0.349 e. The van der Waals surface area contributed by atoms with Gasteiger partial charge in [-0.3, -0.25) is 4.79 Å². The molecule has 1 aromatic carbocycles. The summed E-state index contributed by atoms with van der Waals surface area (Å²) in [6.07, 6.45) is 7.74. The average molecular weight is 367 g/mol. The molecule has 0 bridgehead atoms. The van der Waals surface area contributed by atoms with Crippen LogP contribution in [0.15, 0.2) is 24.3 Å². The van der Waals surface area contributed by atoms with Crippen molar-refractivity contribution in [2.45, 2.75) is 77.3 Å². The molecule has 1 heterocycles. The Morgan fingerprint density at radius 2 is 1.89 bits per heavy atom. The fraction of sp³-hybridized carbons (Fsp3) is 0.591. The quantitative estimate of drug-likeness (QED) is 0.770. The van der Waals surface area contributed by atoms with E-state index >= 15 is 0 Å². The topological polar surface area (TPSA) is 59.8 Å². The average Bonchev–Trinajstić information content (AvgIpc) is 3.29. The molecule has 1 saturated carbocycles.